The molecule has 2 fully saturated rings. The number of aryl methyl sites for hydroxylation is 2. The molecule has 9 heteroatoms. The molecule has 0 amide bonds. The number of pyridine rings is 4. The minimum atomic E-state index is 0. The first-order valence-corrected chi connectivity index (χ1v) is 24.3. The van der Waals surface area contributed by atoms with Crippen molar-refractivity contribution in [2.24, 2.45) is 20.0 Å². The Bertz CT molecular complexity index is 2570. The summed E-state index contributed by atoms with van der Waals surface area (Å²) in [5.41, 5.74) is 19.8. The summed E-state index contributed by atoms with van der Waals surface area (Å²) in [4.78, 5) is 0. The van der Waals surface area contributed by atoms with Crippen LogP contribution in [0.4, 0.5) is 11.4 Å². The zero-order chi connectivity index (χ0) is 45.3. The molecule has 0 spiro atoms. The topological polar surface area (TPSA) is 53.6 Å². The molecule has 2 aliphatic carbocycles. The third-order valence-corrected chi connectivity index (χ3v) is 13.2. The van der Waals surface area contributed by atoms with Crippen LogP contribution >= 0.6 is 0 Å². The monoisotopic (exact) mass is 1030 g/mol. The number of unbranched alkanes of at least 4 members (excludes halogenated alkanes) is 1. The van der Waals surface area contributed by atoms with Gasteiger partial charge in [0.15, 0.2) is 49.6 Å². The molecule has 4 heterocycles. The molecule has 372 valence electrons. The quantitative estimate of drug-likeness (QED) is 0.0440. The standard InChI is InChI=1S/C32H36N3.C23H20N3.C5H10.2CH3.2ClH.Fe/c1-34-22-17-29(18-23-34)30-19-24-35(25-20-30)32-15-11-28(12-16-32)27-9-13-31(14-10-27)33-21-5-4-8-26-6-2-3-7-26;1-25-14-10-20(11-15-25)21-12-16-26(17-13-21)23-8-4-19(5-9-23)18-2-6-22(24)7-3-18;1-2-4-5-3-1;;;;;/h9-20,22-26H,2-8,21H2,1H3;2-17,24H,1H3;1-5H2;2*1H3;2*1H;/q2*+1;;2*-1;;;+2. The normalized spacial score (nSPS) is 12.4. The molecule has 0 saturated heterocycles. The molecule has 8 aromatic rings. The van der Waals surface area contributed by atoms with E-state index in [2.05, 4.69) is 190 Å². The fourth-order valence-corrected chi connectivity index (χ4v) is 9.05. The molecule has 0 atom stereocenters. The maximum atomic E-state index is 5.76. The Hall–Kier alpha value is -5.82. The third-order valence-electron chi connectivity index (χ3n) is 13.2. The summed E-state index contributed by atoms with van der Waals surface area (Å²) in [5.74, 6) is 1.01. The summed E-state index contributed by atoms with van der Waals surface area (Å²) < 4.78 is 8.38. The van der Waals surface area contributed by atoms with E-state index >= 15 is 0 Å². The van der Waals surface area contributed by atoms with Gasteiger partial charge in [-0.3, -0.25) is 0 Å². The number of aromatic nitrogens is 4. The van der Waals surface area contributed by atoms with Gasteiger partial charge in [-0.2, -0.15) is 9.13 Å². The van der Waals surface area contributed by atoms with E-state index in [1.54, 1.807) is 0 Å². The molecule has 4 aromatic heterocycles. The largest absolute Gasteiger partial charge is 2.00 e. The number of halogens is 2. The van der Waals surface area contributed by atoms with Crippen LogP contribution in [-0.2, 0) is 31.2 Å². The van der Waals surface area contributed by atoms with Crippen LogP contribution in [0.3, 0.4) is 0 Å². The predicted molar refractivity (Wildman–Crippen MR) is 285 cm³/mol. The maximum Gasteiger partial charge on any atom is 2.00 e. The van der Waals surface area contributed by atoms with Crippen LogP contribution in [0.2, 0.25) is 0 Å². The molecule has 6 nitrogen and oxygen atoms in total. The van der Waals surface area contributed by atoms with Crippen molar-refractivity contribution >= 4 is 11.4 Å². The van der Waals surface area contributed by atoms with E-state index < -0.39 is 0 Å². The Morgan fingerprint density at radius 1 is 0.408 bits per heavy atom. The molecule has 0 radical (unpaired) electrons. The van der Waals surface area contributed by atoms with Crippen LogP contribution < -0.4 is 54.1 Å². The fraction of sp³-hybridized carbons (Fsp3) is 0.258. The first kappa shape index (κ1) is 59.5. The second kappa shape index (κ2) is 30.8. The van der Waals surface area contributed by atoms with Crippen molar-refractivity contribution in [3.05, 3.63) is 210 Å². The van der Waals surface area contributed by atoms with E-state index in [-0.39, 0.29) is 56.7 Å². The number of rotatable bonds is 12. The number of hydrogen-bond acceptors (Lipinski definition) is 2. The molecular formula is C62H74Cl2FeN6+2. The van der Waals surface area contributed by atoms with Crippen molar-refractivity contribution in [3.8, 4) is 55.9 Å². The van der Waals surface area contributed by atoms with Crippen molar-refractivity contribution in [2.45, 2.75) is 77.0 Å². The van der Waals surface area contributed by atoms with Gasteiger partial charge in [0.2, 0.25) is 11.4 Å². The zero-order valence-electron chi connectivity index (χ0n) is 42.2. The Morgan fingerprint density at radius 2 is 0.718 bits per heavy atom. The van der Waals surface area contributed by atoms with Crippen molar-refractivity contribution in [1.82, 2.24) is 0 Å². The second-order valence-electron chi connectivity index (χ2n) is 18.1. The SMILES string of the molecule is C1CCCC1.C[n+]1ccc(-c2cc[n+](-c3ccc(-c4ccc(N)cc4)cc3)cc2)cc1.C[n+]1ccc(-c2cc[n+](-c3ccc(-c4ccc(NCCCCC5CCCC5)cc4)cc3)cc2)cc1.[CH3-].[CH3-].[Cl-].[Cl-].[Fe+2]. The van der Waals surface area contributed by atoms with E-state index in [9.17, 15) is 0 Å². The van der Waals surface area contributed by atoms with Gasteiger partial charge in [0.1, 0.15) is 14.1 Å². The van der Waals surface area contributed by atoms with Gasteiger partial charge in [-0.1, -0.05) is 94.9 Å². The van der Waals surface area contributed by atoms with Gasteiger partial charge in [-0.05, 0) is 105 Å². The number of nitrogen functional groups attached to an aromatic ring is 1. The molecule has 2 saturated carbocycles. The average molecular weight is 1030 g/mol. The first-order valence-electron chi connectivity index (χ1n) is 24.3. The Kier molecular flexibility index (Phi) is 25.8. The van der Waals surface area contributed by atoms with Gasteiger partial charge in [0.05, 0.1) is 0 Å². The minimum absolute atomic E-state index is 0. The van der Waals surface area contributed by atoms with Crippen LogP contribution in [0, 0.1) is 20.8 Å². The molecule has 4 aromatic carbocycles. The number of hydrogen-bond donors (Lipinski definition) is 2. The summed E-state index contributed by atoms with van der Waals surface area (Å²) in [6.07, 6.45) is 34.1. The Balaban J connectivity index is 0.000000329. The molecule has 0 bridgehead atoms. The van der Waals surface area contributed by atoms with Crippen LogP contribution in [0.5, 0.6) is 0 Å². The van der Waals surface area contributed by atoms with Gasteiger partial charge in [-0.15, -0.1) is 0 Å². The summed E-state index contributed by atoms with van der Waals surface area (Å²) in [6.45, 7) is 1.07. The third kappa shape index (κ3) is 17.8. The molecule has 2 aliphatic rings. The number of nitrogens with two attached hydrogens (primary N) is 1. The molecule has 0 unspecified atom stereocenters. The van der Waals surface area contributed by atoms with E-state index in [1.165, 1.54) is 127 Å². The van der Waals surface area contributed by atoms with Crippen molar-refractivity contribution < 1.29 is 60.2 Å². The van der Waals surface area contributed by atoms with E-state index in [4.69, 9.17) is 5.73 Å². The number of nitrogens with one attached hydrogen (secondary N) is 1. The van der Waals surface area contributed by atoms with Crippen LogP contribution in [0.15, 0.2) is 195 Å². The second-order valence-corrected chi connectivity index (χ2v) is 18.1. The van der Waals surface area contributed by atoms with Crippen LogP contribution in [-0.4, -0.2) is 6.54 Å². The number of benzene rings is 4. The number of nitrogens with zero attached hydrogens (tertiary/aromatic N) is 4. The molecule has 10 rings (SSSR count). The summed E-state index contributed by atoms with van der Waals surface area (Å²) >= 11 is 0. The average Bonchev–Trinajstić information content (AvgIpc) is 4.15. The Morgan fingerprint density at radius 3 is 1.08 bits per heavy atom. The fourth-order valence-electron chi connectivity index (χ4n) is 9.05. The molecule has 71 heavy (non-hydrogen) atoms. The van der Waals surface area contributed by atoms with Gasteiger partial charge in [0.25, 0.3) is 0 Å². The molecule has 0 aliphatic heterocycles. The van der Waals surface area contributed by atoms with Gasteiger partial charge >= 0.3 is 17.1 Å². The minimum Gasteiger partial charge on any atom is -1.00 e. The van der Waals surface area contributed by atoms with E-state index in [0.717, 1.165) is 29.5 Å². The first-order chi connectivity index (χ1) is 32.4. The van der Waals surface area contributed by atoms with Crippen LogP contribution in [0.1, 0.15) is 77.0 Å². The number of anilines is 2. The zero-order valence-corrected chi connectivity index (χ0v) is 44.8. The van der Waals surface area contributed by atoms with Gasteiger partial charge < -0.3 is 50.7 Å². The van der Waals surface area contributed by atoms with E-state index in [1.807, 2.05) is 42.9 Å². The summed E-state index contributed by atoms with van der Waals surface area (Å²) in [5, 5.41) is 3.59. The van der Waals surface area contributed by atoms with Crippen molar-refractivity contribution in [3.63, 3.8) is 0 Å². The maximum absolute atomic E-state index is 5.76. The Labute approximate surface area is 449 Å². The van der Waals surface area contributed by atoms with Crippen molar-refractivity contribution in [1.29, 1.82) is 0 Å². The summed E-state index contributed by atoms with van der Waals surface area (Å²) in [7, 11) is 4.06. The van der Waals surface area contributed by atoms with Gasteiger partial charge in [0, 0.05) is 90.7 Å². The van der Waals surface area contributed by atoms with E-state index in [0.29, 0.717) is 0 Å². The predicted octanol–water partition coefficient (Wildman–Crippen LogP) is 7.45. The van der Waals surface area contributed by atoms with Crippen molar-refractivity contribution in [2.75, 3.05) is 17.6 Å². The summed E-state index contributed by atoms with van der Waals surface area (Å²) in [6, 6.07) is 51.3. The molecular weight excluding hydrogens is 955 g/mol. The molecule has 3 N–H and O–H groups in total. The van der Waals surface area contributed by atoms with Crippen LogP contribution in [0.25, 0.3) is 55.9 Å². The van der Waals surface area contributed by atoms with Gasteiger partial charge in [-0.25, -0.2) is 9.13 Å². The smallest absolute Gasteiger partial charge is 1.00 e.